The largest absolute Gasteiger partial charge is 0.309 e. The summed E-state index contributed by atoms with van der Waals surface area (Å²) in [6.07, 6.45) is 5.83. The number of benzene rings is 23. The molecule has 9 heteroatoms. The fraction of sp³-hybridized carbons (Fsp3) is 0.0365. The third-order valence-electron chi connectivity index (χ3n) is 30.5. The monoisotopic (exact) mass is 1860 g/mol. The maximum Gasteiger partial charge on any atom is 0.0979 e. The predicted octanol–water partition coefficient (Wildman–Crippen LogP) is 35.7. The second-order valence-corrected chi connectivity index (χ2v) is 39.1. The van der Waals surface area contributed by atoms with Crippen molar-refractivity contribution in [2.45, 2.75) is 33.1 Å². The van der Waals surface area contributed by atoms with Gasteiger partial charge in [-0.3, -0.25) is 15.0 Å². The van der Waals surface area contributed by atoms with Crippen LogP contribution in [0, 0.1) is 13.8 Å². The van der Waals surface area contributed by atoms with Crippen LogP contribution in [-0.4, -0.2) is 43.6 Å². The molecule has 0 amide bonds. The lowest BCUT2D eigenvalue weighted by molar-refractivity contribution is 0.661. The van der Waals surface area contributed by atoms with Gasteiger partial charge >= 0.3 is 0 Å². The van der Waals surface area contributed by atoms with Gasteiger partial charge in [-0.2, -0.15) is 0 Å². The van der Waals surface area contributed by atoms with Crippen LogP contribution in [0.25, 0.3) is 270 Å². The van der Waals surface area contributed by atoms with E-state index >= 15 is 0 Å². The number of aryl methyl sites for hydroxylation is 2. The zero-order chi connectivity index (χ0) is 96.9. The Morgan fingerprint density at radius 3 is 0.842 bits per heavy atom. The Bertz CT molecular complexity index is 10400. The van der Waals surface area contributed by atoms with Crippen LogP contribution in [0.2, 0.25) is 0 Å². The third kappa shape index (κ3) is 13.8. The number of hydrogen-bond donors (Lipinski definition) is 0. The fourth-order valence-electron chi connectivity index (χ4n) is 23.7. The summed E-state index contributed by atoms with van der Waals surface area (Å²) in [5, 5.41) is 21.5. The van der Waals surface area contributed by atoms with Crippen LogP contribution in [0.4, 0.5) is 0 Å². The molecule has 6 aromatic heterocycles. The lowest BCUT2D eigenvalue weighted by Gasteiger charge is -2.22. The van der Waals surface area contributed by atoms with Gasteiger partial charge in [0, 0.05) is 104 Å². The van der Waals surface area contributed by atoms with Crippen molar-refractivity contribution in [1.82, 2.24) is 43.6 Å². The molecule has 0 spiro atoms. The standard InChI is InChI=1S/C49H33N3.C46H29N3.C42H29N3/c1-49(2)42-27-31(30-22-25-46-41(26-30)38-16-10-11-19-45(38)52(46)33-12-4-3-5-13-33)20-23-36(42)37-24-21-32(28-43(37)49)44-29-50-47-39-17-8-6-14-34(39)35-15-7-9-18-40(35)48(47)51-44;1-2-14-31(15-3-1)49-43-25-13-12-22-38(43)41-28-30(26-27-44(41)49)32-16-4-5-17-33(32)34-18-6-9-21-37(34)42-29-47-45-39-23-10-7-19-35(39)36-20-8-11-24-40(36)46(45)48-42;1-26-23-36(38-25-43-41-33-17-8-6-14-30(33)31-15-7-9-18-34(31)42(41)44-38)27(2)22-35(26)28-20-21-40-37(24-28)32-16-10-11-19-39(32)45(40)29-12-4-3-5-13-29/h3-29H,1-2H3;1-29H;3-25H,1-2H3. The van der Waals surface area contributed by atoms with Crippen LogP contribution in [0.15, 0.2) is 480 Å². The van der Waals surface area contributed by atoms with Gasteiger partial charge in [-0.15, -0.1) is 0 Å². The summed E-state index contributed by atoms with van der Waals surface area (Å²) in [7, 11) is 0. The molecule has 1 aliphatic carbocycles. The lowest BCUT2D eigenvalue weighted by atomic mass is 9.81. The maximum absolute atomic E-state index is 5.35. The van der Waals surface area contributed by atoms with E-state index in [1.165, 1.54) is 176 Å². The Balaban J connectivity index is 0.000000106. The van der Waals surface area contributed by atoms with E-state index in [1.807, 2.05) is 18.6 Å². The number of para-hydroxylation sites is 6. The smallest absolute Gasteiger partial charge is 0.0979 e. The van der Waals surface area contributed by atoms with Crippen LogP contribution in [0.5, 0.6) is 0 Å². The summed E-state index contributed by atoms with van der Waals surface area (Å²) in [6.45, 7) is 9.09. The van der Waals surface area contributed by atoms with Gasteiger partial charge < -0.3 is 13.7 Å². The lowest BCUT2D eigenvalue weighted by Crippen LogP contribution is -2.15. The molecule has 684 valence electrons. The molecule has 0 aliphatic heterocycles. The molecule has 1 aliphatic rings. The highest BCUT2D eigenvalue weighted by molar-refractivity contribution is 6.26. The predicted molar refractivity (Wildman–Crippen MR) is 612 cm³/mol. The normalized spacial score (nSPS) is 12.3. The van der Waals surface area contributed by atoms with Crippen molar-refractivity contribution < 1.29 is 0 Å². The molecular weight excluding hydrogens is 1770 g/mol. The van der Waals surface area contributed by atoms with Crippen molar-refractivity contribution in [1.29, 1.82) is 0 Å². The fourth-order valence-corrected chi connectivity index (χ4v) is 23.7. The highest BCUT2D eigenvalue weighted by atomic mass is 15.0. The van der Waals surface area contributed by atoms with Gasteiger partial charge in [-0.25, -0.2) is 15.0 Å². The molecule has 0 atom stereocenters. The van der Waals surface area contributed by atoms with Gasteiger partial charge in [0.2, 0.25) is 0 Å². The number of rotatable bonds is 10. The summed E-state index contributed by atoms with van der Waals surface area (Å²) in [5.74, 6) is 0. The minimum atomic E-state index is -0.183. The summed E-state index contributed by atoms with van der Waals surface area (Å²) >= 11 is 0. The van der Waals surface area contributed by atoms with E-state index in [2.05, 4.69) is 502 Å². The molecule has 29 aromatic rings. The van der Waals surface area contributed by atoms with E-state index in [0.717, 1.165) is 116 Å². The van der Waals surface area contributed by atoms with Gasteiger partial charge in [0.1, 0.15) is 0 Å². The first-order chi connectivity index (χ1) is 72.0. The van der Waals surface area contributed by atoms with Crippen molar-refractivity contribution in [2.75, 3.05) is 0 Å². The summed E-state index contributed by atoms with van der Waals surface area (Å²) < 4.78 is 7.10. The van der Waals surface area contributed by atoms with Gasteiger partial charge in [-0.05, 0) is 233 Å². The first-order valence-corrected chi connectivity index (χ1v) is 50.1. The second kappa shape index (κ2) is 34.2. The van der Waals surface area contributed by atoms with Crippen molar-refractivity contribution >= 4 is 163 Å². The molecule has 23 aromatic carbocycles. The molecule has 0 N–H and O–H groups in total. The van der Waals surface area contributed by atoms with Gasteiger partial charge in [-0.1, -0.05) is 366 Å². The quantitative estimate of drug-likeness (QED) is 0.127. The van der Waals surface area contributed by atoms with Crippen molar-refractivity contribution in [2.24, 2.45) is 0 Å². The first kappa shape index (κ1) is 85.1. The van der Waals surface area contributed by atoms with E-state index in [-0.39, 0.29) is 5.41 Å². The molecule has 0 fully saturated rings. The van der Waals surface area contributed by atoms with Crippen LogP contribution in [-0.2, 0) is 5.41 Å². The number of nitrogens with zero attached hydrogens (tertiary/aromatic N) is 9. The van der Waals surface area contributed by atoms with Crippen molar-refractivity contribution in [3.05, 3.63) is 502 Å². The molecule has 146 heavy (non-hydrogen) atoms. The first-order valence-electron chi connectivity index (χ1n) is 50.1. The van der Waals surface area contributed by atoms with E-state index in [4.69, 9.17) is 29.9 Å². The highest BCUT2D eigenvalue weighted by Gasteiger charge is 2.37. The molecular formula is C137H91N9. The summed E-state index contributed by atoms with van der Waals surface area (Å²) in [6, 6.07) is 166. The van der Waals surface area contributed by atoms with Gasteiger partial charge in [0.15, 0.2) is 0 Å². The SMILES string of the molecule is CC1(C)c2cc(-c3ccc4c(c3)c3ccccc3n4-c3ccccc3)ccc2-c2ccc(-c3cnc4c5ccccc5c5ccccc5c4n3)cc21.Cc1cc(-c2cnc3c4ccccc4c4ccccc4c3n2)c(C)cc1-c1ccc2c(c1)c1ccccc1n2-c1ccccc1.c1ccc(-n2c3ccccc3c3cc(-c4ccccc4-c4ccccc4-c4cnc5c6ccccc6c6ccccc6c5n4)ccc32)cc1. The van der Waals surface area contributed by atoms with Gasteiger partial charge in [0.25, 0.3) is 0 Å². The molecule has 0 bridgehead atoms. The summed E-state index contributed by atoms with van der Waals surface area (Å²) in [5.41, 5.74) is 39.4. The van der Waals surface area contributed by atoms with E-state index in [9.17, 15) is 0 Å². The molecule has 0 unspecified atom stereocenters. The Morgan fingerprint density at radius 2 is 0.432 bits per heavy atom. The van der Waals surface area contributed by atoms with Gasteiger partial charge in [0.05, 0.1) is 102 Å². The number of aromatic nitrogens is 9. The summed E-state index contributed by atoms with van der Waals surface area (Å²) in [4.78, 5) is 31.1. The zero-order valence-electron chi connectivity index (χ0n) is 80.6. The van der Waals surface area contributed by atoms with Crippen molar-refractivity contribution in [3.63, 3.8) is 0 Å². The van der Waals surface area contributed by atoms with Crippen LogP contribution in [0.1, 0.15) is 36.1 Å². The Hall–Kier alpha value is -19.0. The Labute approximate surface area is 842 Å². The van der Waals surface area contributed by atoms with Crippen LogP contribution < -0.4 is 0 Å². The average molecular weight is 1860 g/mol. The highest BCUT2D eigenvalue weighted by Crippen LogP contribution is 2.53. The minimum absolute atomic E-state index is 0.183. The van der Waals surface area contributed by atoms with E-state index < -0.39 is 0 Å². The number of fused-ring (bicyclic) bond motifs is 30. The minimum Gasteiger partial charge on any atom is -0.309 e. The van der Waals surface area contributed by atoms with E-state index in [1.54, 1.807) is 0 Å². The van der Waals surface area contributed by atoms with Crippen LogP contribution >= 0.6 is 0 Å². The second-order valence-electron chi connectivity index (χ2n) is 39.1. The van der Waals surface area contributed by atoms with E-state index in [0.29, 0.717) is 0 Å². The van der Waals surface area contributed by atoms with Crippen LogP contribution in [0.3, 0.4) is 0 Å². The topological polar surface area (TPSA) is 92.1 Å². The molecule has 6 heterocycles. The Kier molecular flexibility index (Phi) is 19.9. The zero-order valence-corrected chi connectivity index (χ0v) is 80.6. The maximum atomic E-state index is 5.35. The Morgan fingerprint density at radius 1 is 0.171 bits per heavy atom. The molecule has 9 nitrogen and oxygen atoms in total. The number of hydrogen-bond acceptors (Lipinski definition) is 6. The van der Waals surface area contributed by atoms with Crippen molar-refractivity contribution in [3.8, 4) is 106 Å². The molecule has 0 radical (unpaired) electrons. The average Bonchev–Trinajstić information content (AvgIpc) is 1.49. The third-order valence-corrected chi connectivity index (χ3v) is 30.5. The molecule has 0 saturated heterocycles. The molecule has 30 rings (SSSR count). The molecule has 0 saturated carbocycles.